The van der Waals surface area contributed by atoms with Gasteiger partial charge in [-0.1, -0.05) is 127 Å². The van der Waals surface area contributed by atoms with Crippen molar-refractivity contribution in [2.24, 2.45) is 0 Å². The molecule has 8 aromatic rings. The highest BCUT2D eigenvalue weighted by Crippen LogP contribution is 2.32. The van der Waals surface area contributed by atoms with E-state index in [-0.39, 0.29) is 0 Å². The van der Waals surface area contributed by atoms with Crippen LogP contribution in [0.5, 0.6) is 0 Å². The Bertz CT molecular complexity index is 2090. The molecule has 0 saturated heterocycles. The number of fused-ring (bicyclic) bond motifs is 4. The number of pyridine rings is 1. The van der Waals surface area contributed by atoms with Crippen LogP contribution in [0, 0.1) is 0 Å². The molecular weight excluding hydrogens is 527 g/mol. The average Bonchev–Trinajstić information content (AvgIpc) is 3.44. The van der Waals surface area contributed by atoms with Crippen LogP contribution in [-0.4, -0.2) is 13.1 Å². The molecule has 0 aliphatic rings. The zero-order valence-electron chi connectivity index (χ0n) is 22.9. The molecular formula is C39H27NOSi. The summed E-state index contributed by atoms with van der Waals surface area (Å²) in [4.78, 5) is 4.57. The molecule has 0 fully saturated rings. The van der Waals surface area contributed by atoms with Gasteiger partial charge in [-0.3, -0.25) is 4.98 Å². The van der Waals surface area contributed by atoms with E-state index in [9.17, 15) is 0 Å². The van der Waals surface area contributed by atoms with Gasteiger partial charge in [0.15, 0.2) is 13.7 Å². The zero-order valence-corrected chi connectivity index (χ0v) is 23.9. The molecule has 0 amide bonds. The van der Waals surface area contributed by atoms with Crippen LogP contribution in [0.15, 0.2) is 168 Å². The summed E-state index contributed by atoms with van der Waals surface area (Å²) >= 11 is 0. The lowest BCUT2D eigenvalue weighted by atomic mass is 10.00. The Morgan fingerprint density at radius 1 is 0.429 bits per heavy atom. The molecule has 0 radical (unpaired) electrons. The molecule has 0 atom stereocenters. The maximum Gasteiger partial charge on any atom is 0.179 e. The van der Waals surface area contributed by atoms with Crippen molar-refractivity contribution in [1.82, 2.24) is 4.98 Å². The zero-order chi connectivity index (χ0) is 27.9. The second-order valence-electron chi connectivity index (χ2n) is 10.8. The lowest BCUT2D eigenvalue weighted by Crippen LogP contribution is -2.74. The number of hydrogen-bond acceptors (Lipinski definition) is 2. The Morgan fingerprint density at radius 2 is 1.00 bits per heavy atom. The first-order valence-electron chi connectivity index (χ1n) is 14.3. The third-order valence-corrected chi connectivity index (χ3v) is 13.2. The Labute approximate surface area is 245 Å². The van der Waals surface area contributed by atoms with Crippen LogP contribution < -0.4 is 20.7 Å². The van der Waals surface area contributed by atoms with Crippen molar-refractivity contribution in [2.45, 2.75) is 0 Å². The third kappa shape index (κ3) is 3.90. The van der Waals surface area contributed by atoms with Crippen LogP contribution >= 0.6 is 0 Å². The summed E-state index contributed by atoms with van der Waals surface area (Å²) in [6, 6.07) is 57.4. The van der Waals surface area contributed by atoms with Crippen LogP contribution in [0.1, 0.15) is 0 Å². The molecule has 0 spiro atoms. The maximum absolute atomic E-state index is 6.01. The predicted molar refractivity (Wildman–Crippen MR) is 178 cm³/mol. The fourth-order valence-corrected chi connectivity index (χ4v) is 11.3. The molecule has 0 aliphatic heterocycles. The number of nitrogens with zero attached hydrogens (tertiary/aromatic N) is 1. The number of benzene rings is 6. The number of furan rings is 1. The van der Waals surface area contributed by atoms with Gasteiger partial charge in [0.05, 0.1) is 0 Å². The minimum Gasteiger partial charge on any atom is -0.454 e. The van der Waals surface area contributed by atoms with Crippen molar-refractivity contribution < 1.29 is 4.42 Å². The van der Waals surface area contributed by atoms with Crippen LogP contribution in [0.25, 0.3) is 44.0 Å². The van der Waals surface area contributed by atoms with Crippen molar-refractivity contribution >= 4 is 61.7 Å². The quantitative estimate of drug-likeness (QED) is 0.167. The van der Waals surface area contributed by atoms with Crippen molar-refractivity contribution in [1.29, 1.82) is 0 Å². The molecule has 2 aromatic heterocycles. The molecule has 198 valence electrons. The second kappa shape index (κ2) is 9.98. The van der Waals surface area contributed by atoms with Crippen LogP contribution in [-0.2, 0) is 0 Å². The molecule has 0 saturated carbocycles. The van der Waals surface area contributed by atoms with E-state index in [4.69, 9.17) is 4.42 Å². The van der Waals surface area contributed by atoms with Gasteiger partial charge in [-0.05, 0) is 73.0 Å². The van der Waals surface area contributed by atoms with Crippen molar-refractivity contribution in [3.05, 3.63) is 164 Å². The smallest absolute Gasteiger partial charge is 0.179 e. The fourth-order valence-electron chi connectivity index (χ4n) is 6.50. The maximum atomic E-state index is 6.01. The predicted octanol–water partition coefficient (Wildman–Crippen LogP) is 7.18. The monoisotopic (exact) mass is 553 g/mol. The Kier molecular flexibility index (Phi) is 5.83. The van der Waals surface area contributed by atoms with E-state index < -0.39 is 8.07 Å². The first-order valence-corrected chi connectivity index (χ1v) is 16.3. The van der Waals surface area contributed by atoms with Gasteiger partial charge in [0.25, 0.3) is 0 Å². The molecule has 2 nitrogen and oxygen atoms in total. The SMILES string of the molecule is c1ccc([Si](c2ccccc2)(c2ccccc2)c2ccc3cc(-c4ccc5oc6cccnc6c5c4)ccc3c2)cc1. The van der Waals surface area contributed by atoms with Gasteiger partial charge in [0.2, 0.25) is 0 Å². The van der Waals surface area contributed by atoms with E-state index in [1.807, 2.05) is 18.3 Å². The van der Waals surface area contributed by atoms with E-state index in [1.165, 1.54) is 37.1 Å². The van der Waals surface area contributed by atoms with E-state index in [1.54, 1.807) is 0 Å². The average molecular weight is 554 g/mol. The molecule has 2 heterocycles. The lowest BCUT2D eigenvalue weighted by molar-refractivity contribution is 0.668. The standard InChI is InChI=1S/C39H27NOSi/c1-4-11-32(12-5-1)42(33-13-6-2-7-14-33,34-15-8-3-9-16-34)35-22-20-29-25-28(18-19-30(29)26-35)31-21-23-37-36(27-31)39-38(41-37)17-10-24-40-39/h1-27H. The number of rotatable bonds is 5. The Morgan fingerprint density at radius 3 is 1.67 bits per heavy atom. The first kappa shape index (κ1) is 24.5. The topological polar surface area (TPSA) is 26.0 Å². The van der Waals surface area contributed by atoms with Crippen LogP contribution in [0.3, 0.4) is 0 Å². The second-order valence-corrected chi connectivity index (χ2v) is 14.6. The largest absolute Gasteiger partial charge is 0.454 e. The summed E-state index contributed by atoms with van der Waals surface area (Å²) in [6.45, 7) is 0. The van der Waals surface area contributed by atoms with Gasteiger partial charge in [0, 0.05) is 11.6 Å². The number of aromatic nitrogens is 1. The van der Waals surface area contributed by atoms with Crippen LogP contribution in [0.4, 0.5) is 0 Å². The Balaban J connectivity index is 1.31. The molecule has 0 aliphatic carbocycles. The summed E-state index contributed by atoms with van der Waals surface area (Å²) in [5.74, 6) is 0. The van der Waals surface area contributed by atoms with Gasteiger partial charge in [-0.15, -0.1) is 0 Å². The van der Waals surface area contributed by atoms with Crippen molar-refractivity contribution in [3.63, 3.8) is 0 Å². The Hall–Kier alpha value is -5.25. The summed E-state index contributed by atoms with van der Waals surface area (Å²) in [5, 5.41) is 9.04. The highest BCUT2D eigenvalue weighted by atomic mass is 28.3. The fraction of sp³-hybridized carbons (Fsp3) is 0. The summed E-state index contributed by atoms with van der Waals surface area (Å²) < 4.78 is 6.01. The van der Waals surface area contributed by atoms with Gasteiger partial charge < -0.3 is 4.42 Å². The summed E-state index contributed by atoms with van der Waals surface area (Å²) in [6.07, 6.45) is 1.82. The highest BCUT2D eigenvalue weighted by Gasteiger charge is 2.41. The molecule has 3 heteroatoms. The van der Waals surface area contributed by atoms with E-state index in [0.717, 1.165) is 27.6 Å². The minimum atomic E-state index is -2.56. The van der Waals surface area contributed by atoms with Crippen molar-refractivity contribution in [2.75, 3.05) is 0 Å². The van der Waals surface area contributed by atoms with Gasteiger partial charge >= 0.3 is 0 Å². The molecule has 6 aromatic carbocycles. The van der Waals surface area contributed by atoms with E-state index in [0.29, 0.717) is 0 Å². The normalized spacial score (nSPS) is 11.8. The first-order chi connectivity index (χ1) is 20.8. The minimum absolute atomic E-state index is 0.818. The van der Waals surface area contributed by atoms with E-state index >= 15 is 0 Å². The molecule has 0 unspecified atom stereocenters. The van der Waals surface area contributed by atoms with Crippen molar-refractivity contribution in [3.8, 4) is 11.1 Å². The molecule has 0 N–H and O–H groups in total. The highest BCUT2D eigenvalue weighted by molar-refractivity contribution is 7.20. The van der Waals surface area contributed by atoms with Gasteiger partial charge in [0.1, 0.15) is 11.1 Å². The number of hydrogen-bond donors (Lipinski definition) is 0. The molecule has 0 bridgehead atoms. The van der Waals surface area contributed by atoms with Gasteiger partial charge in [-0.2, -0.15) is 0 Å². The van der Waals surface area contributed by atoms with Crippen LogP contribution in [0.2, 0.25) is 0 Å². The van der Waals surface area contributed by atoms with E-state index in [2.05, 4.69) is 151 Å². The third-order valence-electron chi connectivity index (χ3n) is 8.45. The molecule has 42 heavy (non-hydrogen) atoms. The molecule has 8 rings (SSSR count). The summed E-state index contributed by atoms with van der Waals surface area (Å²) in [5.41, 5.74) is 4.92. The lowest BCUT2D eigenvalue weighted by Gasteiger charge is -2.34. The van der Waals surface area contributed by atoms with Gasteiger partial charge in [-0.25, -0.2) is 0 Å². The summed E-state index contributed by atoms with van der Waals surface area (Å²) in [7, 11) is -2.56.